The number of imide groups is 1. The summed E-state index contributed by atoms with van der Waals surface area (Å²) in [5.41, 5.74) is 4.28. The fourth-order valence-electron chi connectivity index (χ4n) is 7.98. The first kappa shape index (κ1) is 35.0. The van der Waals surface area contributed by atoms with Crippen LogP contribution in [0.2, 0.25) is 0 Å². The van der Waals surface area contributed by atoms with Crippen molar-refractivity contribution in [2.75, 3.05) is 11.9 Å². The van der Waals surface area contributed by atoms with Crippen LogP contribution in [0.5, 0.6) is 0 Å². The molecule has 3 atom stereocenters. The van der Waals surface area contributed by atoms with Crippen molar-refractivity contribution in [1.29, 1.82) is 0 Å². The van der Waals surface area contributed by atoms with E-state index in [0.29, 0.717) is 33.5 Å². The van der Waals surface area contributed by atoms with E-state index < -0.39 is 57.9 Å². The second-order valence-corrected chi connectivity index (χ2v) is 15.4. The monoisotopic (exact) mass is 806 g/mol. The van der Waals surface area contributed by atoms with Gasteiger partial charge in [0.25, 0.3) is 0 Å². The van der Waals surface area contributed by atoms with Gasteiger partial charge in [-0.25, -0.2) is 4.79 Å². The van der Waals surface area contributed by atoms with Gasteiger partial charge in [0.05, 0.1) is 17.4 Å². The summed E-state index contributed by atoms with van der Waals surface area (Å²) in [6, 6.07) is 35.2. The smallest absolute Gasteiger partial charge is 0.338 e. The van der Waals surface area contributed by atoms with Gasteiger partial charge in [0, 0.05) is 22.1 Å². The zero-order chi connectivity index (χ0) is 37.1. The highest BCUT2D eigenvalue weighted by Gasteiger charge is 2.73. The number of hydrogen-bond donors (Lipinski definition) is 1. The molecule has 4 aliphatic rings. The zero-order valence-electron chi connectivity index (χ0n) is 27.8. The Balaban J connectivity index is 1.07. The third-order valence-corrected chi connectivity index (χ3v) is 12.2. The molecule has 0 radical (unpaired) electrons. The Labute approximate surface area is 323 Å². The maximum Gasteiger partial charge on any atom is 0.338 e. The predicted octanol–water partition coefficient (Wildman–Crippen LogP) is 7.63. The van der Waals surface area contributed by atoms with Crippen molar-refractivity contribution in [3.8, 4) is 0 Å². The van der Waals surface area contributed by atoms with Gasteiger partial charge in [0.2, 0.25) is 17.7 Å². The van der Waals surface area contributed by atoms with E-state index in [-0.39, 0.29) is 17.8 Å². The molecule has 53 heavy (non-hydrogen) atoms. The van der Waals surface area contributed by atoms with Gasteiger partial charge in [-0.1, -0.05) is 107 Å². The normalized spacial score (nSPS) is 22.7. The number of carbonyl (C=O) groups excluding carboxylic acids is 5. The van der Waals surface area contributed by atoms with Crippen LogP contribution >= 0.6 is 39.1 Å². The van der Waals surface area contributed by atoms with Gasteiger partial charge in [-0.3, -0.25) is 24.1 Å². The SMILES string of the molecule is O=C(COC(=O)c1ccc(NC(=O)[C@H](Cc2ccccc2)N2C(=O)[C@H]3[C@H](C2=O)C2(Cl)c4ccccc4C3(Cl)c3ccccc32)cc1)c1ccc(Br)cc1. The minimum Gasteiger partial charge on any atom is -0.454 e. The fourth-order valence-corrected chi connectivity index (χ4v) is 9.35. The maximum absolute atomic E-state index is 14.7. The Bertz CT molecular complexity index is 2190. The molecule has 1 fully saturated rings. The van der Waals surface area contributed by atoms with Gasteiger partial charge >= 0.3 is 5.97 Å². The van der Waals surface area contributed by atoms with Gasteiger partial charge in [-0.2, -0.15) is 0 Å². The Morgan fingerprint density at radius 2 is 1.15 bits per heavy atom. The molecule has 8 nitrogen and oxygen atoms in total. The molecule has 0 unspecified atom stereocenters. The highest BCUT2D eigenvalue weighted by atomic mass is 79.9. The highest BCUT2D eigenvalue weighted by molar-refractivity contribution is 9.10. The molecule has 11 heteroatoms. The second kappa shape index (κ2) is 13.4. The van der Waals surface area contributed by atoms with Crippen molar-refractivity contribution in [2.45, 2.75) is 22.2 Å². The fraction of sp³-hybridized carbons (Fsp3) is 0.167. The van der Waals surface area contributed by atoms with E-state index in [1.54, 1.807) is 24.3 Å². The van der Waals surface area contributed by atoms with Crippen molar-refractivity contribution in [3.05, 3.63) is 171 Å². The number of hydrogen-bond acceptors (Lipinski definition) is 6. The number of ketones is 1. The van der Waals surface area contributed by atoms with E-state index in [1.807, 2.05) is 78.9 Å². The summed E-state index contributed by atoms with van der Waals surface area (Å²) in [5.74, 6) is -4.96. The molecule has 1 heterocycles. The second-order valence-electron chi connectivity index (χ2n) is 13.3. The van der Waals surface area contributed by atoms with Crippen LogP contribution in [0.15, 0.2) is 132 Å². The summed E-state index contributed by atoms with van der Waals surface area (Å²) in [5, 5.41) is 2.83. The Morgan fingerprint density at radius 3 is 1.66 bits per heavy atom. The molecule has 2 bridgehead atoms. The molecule has 9 rings (SSSR count). The first-order valence-corrected chi connectivity index (χ1v) is 18.4. The molecule has 0 spiro atoms. The van der Waals surface area contributed by atoms with E-state index in [0.717, 1.165) is 14.9 Å². The number of nitrogens with zero attached hydrogens (tertiary/aromatic N) is 1. The quantitative estimate of drug-likeness (QED) is 0.0711. The lowest BCUT2D eigenvalue weighted by molar-refractivity contribution is -0.146. The molecule has 0 aromatic heterocycles. The van der Waals surface area contributed by atoms with E-state index in [2.05, 4.69) is 21.2 Å². The average molecular weight is 809 g/mol. The highest BCUT2D eigenvalue weighted by Crippen LogP contribution is 2.69. The number of esters is 1. The third kappa shape index (κ3) is 5.61. The van der Waals surface area contributed by atoms with E-state index in [4.69, 9.17) is 27.9 Å². The largest absolute Gasteiger partial charge is 0.454 e. The topological polar surface area (TPSA) is 110 Å². The minimum absolute atomic E-state index is 0.0326. The number of alkyl halides is 2. The summed E-state index contributed by atoms with van der Waals surface area (Å²) in [7, 11) is 0. The van der Waals surface area contributed by atoms with Gasteiger partial charge in [-0.15, -0.1) is 23.2 Å². The molecule has 3 aliphatic carbocycles. The van der Waals surface area contributed by atoms with E-state index in [9.17, 15) is 24.0 Å². The molecule has 5 aromatic carbocycles. The number of carbonyl (C=O) groups is 5. The average Bonchev–Trinajstić information content (AvgIpc) is 3.46. The number of amides is 3. The van der Waals surface area contributed by atoms with Crippen LogP contribution in [0.4, 0.5) is 5.69 Å². The predicted molar refractivity (Wildman–Crippen MR) is 203 cm³/mol. The van der Waals surface area contributed by atoms with Gasteiger partial charge in [0.15, 0.2) is 12.4 Å². The summed E-state index contributed by atoms with van der Waals surface area (Å²) in [6.07, 6.45) is 0.0326. The van der Waals surface area contributed by atoms with Gasteiger partial charge < -0.3 is 10.1 Å². The number of Topliss-reactive ketones (excluding diaryl/α,β-unsaturated/α-hetero) is 1. The lowest BCUT2D eigenvalue weighted by atomic mass is 9.54. The summed E-state index contributed by atoms with van der Waals surface area (Å²) < 4.78 is 6.05. The van der Waals surface area contributed by atoms with Crippen LogP contribution < -0.4 is 5.32 Å². The first-order valence-electron chi connectivity index (χ1n) is 16.9. The molecular weight excluding hydrogens is 779 g/mol. The molecule has 0 saturated carbocycles. The minimum atomic E-state index is -1.39. The first-order chi connectivity index (χ1) is 25.5. The molecule has 5 aromatic rings. The summed E-state index contributed by atoms with van der Waals surface area (Å²) in [4.78, 5) is 67.2. The number of halogens is 3. The van der Waals surface area contributed by atoms with Gasteiger partial charge in [-0.05, 0) is 64.2 Å². The summed E-state index contributed by atoms with van der Waals surface area (Å²) in [6.45, 7) is -0.441. The molecular formula is C42H29BrCl2N2O6. The molecule has 1 N–H and O–H groups in total. The van der Waals surface area contributed by atoms with Crippen LogP contribution in [0.3, 0.4) is 0 Å². The maximum atomic E-state index is 14.7. The Kier molecular flexibility index (Phi) is 8.84. The van der Waals surface area contributed by atoms with Crippen molar-refractivity contribution in [3.63, 3.8) is 0 Å². The summed E-state index contributed by atoms with van der Waals surface area (Å²) >= 11 is 18.6. The van der Waals surface area contributed by atoms with Crippen LogP contribution in [0.1, 0.15) is 48.5 Å². The zero-order valence-corrected chi connectivity index (χ0v) is 30.9. The molecule has 1 aliphatic heterocycles. The van der Waals surface area contributed by atoms with Gasteiger partial charge in [0.1, 0.15) is 15.8 Å². The Morgan fingerprint density at radius 1 is 0.679 bits per heavy atom. The number of likely N-dealkylation sites (tertiary alicyclic amines) is 1. The number of nitrogens with one attached hydrogen (secondary N) is 1. The number of ether oxygens (including phenoxy) is 1. The van der Waals surface area contributed by atoms with Crippen molar-refractivity contribution in [2.24, 2.45) is 11.8 Å². The van der Waals surface area contributed by atoms with E-state index >= 15 is 0 Å². The Hall–Kier alpha value is -5.09. The molecule has 3 amide bonds. The number of benzene rings is 5. The lowest BCUT2D eigenvalue weighted by Gasteiger charge is -2.54. The van der Waals surface area contributed by atoms with Crippen LogP contribution in [-0.4, -0.2) is 47.0 Å². The van der Waals surface area contributed by atoms with Crippen molar-refractivity contribution < 1.29 is 28.7 Å². The number of rotatable bonds is 9. The molecule has 1 saturated heterocycles. The van der Waals surface area contributed by atoms with Crippen LogP contribution in [0.25, 0.3) is 0 Å². The third-order valence-electron chi connectivity index (χ3n) is 10.4. The van der Waals surface area contributed by atoms with Crippen molar-refractivity contribution >= 4 is 74.3 Å². The van der Waals surface area contributed by atoms with Crippen molar-refractivity contribution in [1.82, 2.24) is 4.90 Å². The lowest BCUT2D eigenvalue weighted by Crippen LogP contribution is -2.57. The number of anilines is 1. The van der Waals surface area contributed by atoms with Crippen LogP contribution in [-0.2, 0) is 35.3 Å². The van der Waals surface area contributed by atoms with Crippen LogP contribution in [0, 0.1) is 11.8 Å². The molecule has 264 valence electrons. The van der Waals surface area contributed by atoms with E-state index in [1.165, 1.54) is 24.3 Å². The standard InChI is InChI=1S/C42H29BrCl2N2O6/c43-27-18-14-25(15-19-27)34(48)23-53-40(52)26-16-20-28(21-17-26)46-37(49)33(22-24-8-2-1-3-9-24)47-38(50)35-36(39(47)51)42(45)30-11-5-4-10-29(30)41(35,44)31-12-6-7-13-32(31)42/h1-21,33,35-36H,22-23H2,(H,46,49)/t33-,35+,36+,41?,42?/m0/s1.